The van der Waals surface area contributed by atoms with Crippen LogP contribution in [0, 0.1) is 11.8 Å². The van der Waals surface area contributed by atoms with Crippen LogP contribution >= 0.6 is 11.6 Å². The van der Waals surface area contributed by atoms with E-state index in [9.17, 15) is 10.0 Å². The molecule has 2 aromatic carbocycles. The van der Waals surface area contributed by atoms with Crippen LogP contribution in [0.3, 0.4) is 0 Å². The molecular formula is C17H15ClN2O3. The molecule has 3 rings (SSSR count). The lowest BCUT2D eigenvalue weighted by atomic mass is 10.2. The van der Waals surface area contributed by atoms with Crippen LogP contribution in [0.1, 0.15) is 5.56 Å². The van der Waals surface area contributed by atoms with Gasteiger partial charge in [0.15, 0.2) is 5.69 Å². The summed E-state index contributed by atoms with van der Waals surface area (Å²) >= 11 is 6.12. The van der Waals surface area contributed by atoms with Crippen LogP contribution in [0.25, 0.3) is 10.9 Å². The van der Waals surface area contributed by atoms with Gasteiger partial charge in [-0.3, -0.25) is 0 Å². The highest BCUT2D eigenvalue weighted by Crippen LogP contribution is 2.41. The largest absolute Gasteiger partial charge is 0.493 e. The molecular weight excluding hydrogens is 316 g/mol. The maximum absolute atomic E-state index is 11.0. The Balaban J connectivity index is 1.89. The minimum absolute atomic E-state index is 0.0403. The second kappa shape index (κ2) is 6.30. The van der Waals surface area contributed by atoms with E-state index in [1.165, 1.54) is 0 Å². The van der Waals surface area contributed by atoms with Crippen LogP contribution < -0.4 is 4.74 Å². The fourth-order valence-corrected chi connectivity index (χ4v) is 2.86. The first-order chi connectivity index (χ1) is 11.1. The highest BCUT2D eigenvalue weighted by molar-refractivity contribution is 6.36. The van der Waals surface area contributed by atoms with Crippen LogP contribution in [0.5, 0.6) is 11.6 Å². The van der Waals surface area contributed by atoms with E-state index in [0.29, 0.717) is 29.1 Å². The summed E-state index contributed by atoms with van der Waals surface area (Å²) < 4.78 is 7.32. The van der Waals surface area contributed by atoms with Gasteiger partial charge in [0.25, 0.3) is 0 Å². The first-order valence-electron chi connectivity index (χ1n) is 7.15. The number of halogens is 1. The van der Waals surface area contributed by atoms with E-state index in [0.717, 1.165) is 11.3 Å². The van der Waals surface area contributed by atoms with E-state index in [1.807, 2.05) is 31.2 Å². The van der Waals surface area contributed by atoms with Crippen molar-refractivity contribution in [3.05, 3.63) is 58.0 Å². The van der Waals surface area contributed by atoms with Crippen molar-refractivity contribution in [3.8, 4) is 11.6 Å². The minimum atomic E-state index is -0.198. The second-order valence-electron chi connectivity index (χ2n) is 5.16. The van der Waals surface area contributed by atoms with Crippen molar-refractivity contribution in [2.75, 3.05) is 6.61 Å². The number of rotatable bonds is 5. The van der Waals surface area contributed by atoms with Crippen LogP contribution in [-0.2, 0) is 6.54 Å². The van der Waals surface area contributed by atoms with Gasteiger partial charge in [0.2, 0.25) is 5.88 Å². The second-order valence-corrected chi connectivity index (χ2v) is 5.57. The molecule has 0 amide bonds. The van der Waals surface area contributed by atoms with Gasteiger partial charge in [-0.2, -0.15) is 0 Å². The summed E-state index contributed by atoms with van der Waals surface area (Å²) in [6.07, 6.45) is 0. The summed E-state index contributed by atoms with van der Waals surface area (Å²) in [6.45, 7) is 2.67. The molecule has 0 atom stereocenters. The molecule has 3 aromatic rings. The average Bonchev–Trinajstić information content (AvgIpc) is 2.82. The van der Waals surface area contributed by atoms with Crippen molar-refractivity contribution >= 4 is 28.2 Å². The van der Waals surface area contributed by atoms with Crippen LogP contribution in [-0.4, -0.2) is 16.3 Å². The number of benzene rings is 2. The molecule has 0 aliphatic carbocycles. The summed E-state index contributed by atoms with van der Waals surface area (Å²) in [6, 6.07) is 12.9. The maximum Gasteiger partial charge on any atom is 0.222 e. The van der Waals surface area contributed by atoms with Crippen LogP contribution in [0.4, 0.5) is 5.69 Å². The number of ether oxygens (including phenoxy) is 1. The van der Waals surface area contributed by atoms with Crippen molar-refractivity contribution in [1.29, 1.82) is 0 Å². The molecule has 0 aliphatic rings. The van der Waals surface area contributed by atoms with E-state index in [1.54, 1.807) is 22.8 Å². The monoisotopic (exact) mass is 330 g/mol. The summed E-state index contributed by atoms with van der Waals surface area (Å²) in [5.74, 6) is 0.590. The standard InChI is InChI=1S/C17H15ClN2O3/c1-11-5-2-3-8-14(11)23-10-9-20-13-7-4-6-12(18)15(13)16(19-22)17(20)21/h2-8,21H,9-10H2,1H3. The van der Waals surface area contributed by atoms with E-state index >= 15 is 0 Å². The van der Waals surface area contributed by atoms with Crippen molar-refractivity contribution in [1.82, 2.24) is 4.57 Å². The third-order valence-corrected chi connectivity index (χ3v) is 4.06. The molecule has 0 saturated heterocycles. The Morgan fingerprint density at radius 2 is 2.00 bits per heavy atom. The predicted octanol–water partition coefficient (Wildman–Crippen LogP) is 4.79. The molecule has 118 valence electrons. The van der Waals surface area contributed by atoms with Crippen molar-refractivity contribution in [2.45, 2.75) is 13.5 Å². The molecule has 0 unspecified atom stereocenters. The SMILES string of the molecule is Cc1ccccc1OCCn1c(O)c(N=O)c2c(Cl)cccc21. The quantitative estimate of drug-likeness (QED) is 0.684. The number of nitroso groups, excluding NO2 is 1. The maximum atomic E-state index is 11.0. The lowest BCUT2D eigenvalue weighted by molar-refractivity contribution is 0.289. The number of aromatic nitrogens is 1. The molecule has 1 N–H and O–H groups in total. The van der Waals surface area contributed by atoms with E-state index in [2.05, 4.69) is 5.18 Å². The number of fused-ring (bicyclic) bond motifs is 1. The van der Waals surface area contributed by atoms with Gasteiger partial charge >= 0.3 is 0 Å². The highest BCUT2D eigenvalue weighted by Gasteiger charge is 2.19. The highest BCUT2D eigenvalue weighted by atomic mass is 35.5. The fourth-order valence-electron chi connectivity index (χ4n) is 2.60. The zero-order valence-electron chi connectivity index (χ0n) is 12.5. The smallest absolute Gasteiger partial charge is 0.222 e. The number of hydrogen-bond acceptors (Lipinski definition) is 4. The van der Waals surface area contributed by atoms with E-state index in [4.69, 9.17) is 16.3 Å². The Hall–Kier alpha value is -2.53. The van der Waals surface area contributed by atoms with Crippen molar-refractivity contribution < 1.29 is 9.84 Å². The zero-order valence-corrected chi connectivity index (χ0v) is 13.2. The first kappa shape index (κ1) is 15.4. The van der Waals surface area contributed by atoms with Crippen LogP contribution in [0.2, 0.25) is 5.02 Å². The van der Waals surface area contributed by atoms with Gasteiger partial charge in [-0.25, -0.2) is 0 Å². The minimum Gasteiger partial charge on any atom is -0.493 e. The molecule has 5 nitrogen and oxygen atoms in total. The van der Waals surface area contributed by atoms with Gasteiger partial charge in [-0.05, 0) is 35.9 Å². The molecule has 0 saturated carbocycles. The van der Waals surface area contributed by atoms with Gasteiger partial charge < -0.3 is 14.4 Å². The third kappa shape index (κ3) is 2.75. The number of para-hydroxylation sites is 1. The molecule has 6 heteroatoms. The molecule has 1 heterocycles. The molecule has 0 radical (unpaired) electrons. The summed E-state index contributed by atoms with van der Waals surface area (Å²) in [7, 11) is 0. The molecule has 0 bridgehead atoms. The lowest BCUT2D eigenvalue weighted by Crippen LogP contribution is -2.08. The summed E-state index contributed by atoms with van der Waals surface area (Å²) in [5, 5.41) is 14.0. The zero-order chi connectivity index (χ0) is 16.4. The molecule has 1 aromatic heterocycles. The average molecular weight is 331 g/mol. The molecule has 23 heavy (non-hydrogen) atoms. The number of nitrogens with zero attached hydrogens (tertiary/aromatic N) is 2. The Morgan fingerprint density at radius 1 is 1.22 bits per heavy atom. The van der Waals surface area contributed by atoms with E-state index < -0.39 is 0 Å². The lowest BCUT2D eigenvalue weighted by Gasteiger charge is -2.11. The normalized spacial score (nSPS) is 10.9. The number of aromatic hydroxyl groups is 1. The Morgan fingerprint density at radius 3 is 2.74 bits per heavy atom. The summed E-state index contributed by atoms with van der Waals surface area (Å²) in [4.78, 5) is 11.0. The third-order valence-electron chi connectivity index (χ3n) is 3.74. The Labute approximate surface area is 138 Å². The number of hydrogen-bond donors (Lipinski definition) is 1. The Bertz CT molecular complexity index is 874. The molecule has 0 aliphatic heterocycles. The Kier molecular flexibility index (Phi) is 4.21. The van der Waals surface area contributed by atoms with Crippen molar-refractivity contribution in [2.24, 2.45) is 5.18 Å². The van der Waals surface area contributed by atoms with Gasteiger partial charge in [-0.1, -0.05) is 35.9 Å². The van der Waals surface area contributed by atoms with Gasteiger partial charge in [0.1, 0.15) is 12.4 Å². The predicted molar refractivity (Wildman–Crippen MR) is 90.7 cm³/mol. The fraction of sp³-hybridized carbons (Fsp3) is 0.176. The van der Waals surface area contributed by atoms with Gasteiger partial charge in [0, 0.05) is 0 Å². The van der Waals surface area contributed by atoms with Gasteiger partial charge in [-0.15, -0.1) is 4.91 Å². The van der Waals surface area contributed by atoms with Crippen LogP contribution in [0.15, 0.2) is 47.6 Å². The van der Waals surface area contributed by atoms with Gasteiger partial charge in [0.05, 0.1) is 22.5 Å². The first-order valence-corrected chi connectivity index (χ1v) is 7.52. The van der Waals surface area contributed by atoms with E-state index in [-0.39, 0.29) is 11.6 Å². The molecule has 0 spiro atoms. The van der Waals surface area contributed by atoms with Crippen molar-refractivity contribution in [3.63, 3.8) is 0 Å². The number of aryl methyl sites for hydroxylation is 1. The summed E-state index contributed by atoms with van der Waals surface area (Å²) in [5.41, 5.74) is 1.65. The topological polar surface area (TPSA) is 63.8 Å². The molecule has 0 fully saturated rings.